The second kappa shape index (κ2) is 13.4. The number of rotatable bonds is 4. The highest BCUT2D eigenvalue weighted by atomic mass is 16.5. The minimum absolute atomic E-state index is 0.318. The Kier molecular flexibility index (Phi) is 7.24. The van der Waals surface area contributed by atoms with Crippen LogP contribution in [0.1, 0.15) is 0 Å². The quantitative estimate of drug-likeness (QED) is 0.165. The maximum atomic E-state index is 7.09. The van der Waals surface area contributed by atoms with Gasteiger partial charge in [0.05, 0.1) is 38.8 Å². The molecule has 0 aliphatic carbocycles. The minimum Gasteiger partial charge on any atom is -0.551 e. The van der Waals surface area contributed by atoms with E-state index in [-0.39, 0.29) is 6.92 Å². The number of nitrogens with zero attached hydrogens (tertiary/aromatic N) is 3. The van der Waals surface area contributed by atoms with Crippen molar-refractivity contribution >= 4 is 83.3 Å². The van der Waals surface area contributed by atoms with Crippen LogP contribution in [-0.4, -0.2) is 20.6 Å². The zero-order valence-electron chi connectivity index (χ0n) is 35.5. The highest BCUT2D eigenvalue weighted by molar-refractivity contribution is 6.84. The van der Waals surface area contributed by atoms with Crippen molar-refractivity contribution in [1.82, 2.24) is 13.7 Å². The van der Waals surface area contributed by atoms with Crippen LogP contribution in [0.5, 0.6) is 17.2 Å². The molecule has 10 aromatic carbocycles. The van der Waals surface area contributed by atoms with Gasteiger partial charge >= 0.3 is 6.92 Å². The van der Waals surface area contributed by atoms with E-state index in [0.29, 0.717) is 0 Å². The van der Waals surface area contributed by atoms with Gasteiger partial charge in [0.15, 0.2) is 0 Å². The Morgan fingerprint density at radius 1 is 0.303 bits per heavy atom. The van der Waals surface area contributed by atoms with Crippen molar-refractivity contribution in [3.8, 4) is 56.6 Å². The van der Waals surface area contributed by atoms with Gasteiger partial charge in [0, 0.05) is 66.2 Å². The number of hydrogen-bond donors (Lipinski definition) is 0. The molecule has 6 heteroatoms. The van der Waals surface area contributed by atoms with E-state index in [0.717, 1.165) is 78.5 Å². The van der Waals surface area contributed by atoms with Crippen LogP contribution >= 0.6 is 0 Å². The molecule has 0 atom stereocenters. The molecule has 5 heterocycles. The van der Waals surface area contributed by atoms with Crippen molar-refractivity contribution in [3.05, 3.63) is 218 Å². The number of para-hydroxylation sites is 6. The summed E-state index contributed by atoms with van der Waals surface area (Å²) in [4.78, 5) is 0. The van der Waals surface area contributed by atoms with Crippen LogP contribution in [0.2, 0.25) is 0 Å². The summed E-state index contributed by atoms with van der Waals surface area (Å²) in [5, 5.41) is 7.41. The van der Waals surface area contributed by atoms with Crippen LogP contribution in [0.25, 0.3) is 105 Å². The first-order valence-electron chi connectivity index (χ1n) is 22.6. The van der Waals surface area contributed by atoms with E-state index in [4.69, 9.17) is 9.39 Å². The predicted octanol–water partition coefficient (Wildman–Crippen LogP) is 13.9. The monoisotopic (exact) mass is 841 g/mol. The number of benzene rings is 10. The SMILES string of the molecule is c1ccc2c(c1)OB1c3ccc(-c4ccc(-n5c6ccccc6c6ccccc65)cc4)cc3Oc3cc(-n4c5ccccc5c5cc(-n6c7ccccc7c7ccccc76)ccc54)cc-2c31. The van der Waals surface area contributed by atoms with E-state index < -0.39 is 0 Å². The minimum atomic E-state index is -0.318. The van der Waals surface area contributed by atoms with Crippen LogP contribution in [0, 0.1) is 0 Å². The molecule has 0 amide bonds. The number of hydrogen-bond acceptors (Lipinski definition) is 2. The van der Waals surface area contributed by atoms with Crippen molar-refractivity contribution in [2.24, 2.45) is 0 Å². The molecule has 2 aliphatic heterocycles. The first-order valence-corrected chi connectivity index (χ1v) is 22.6. The molecular weight excluding hydrogens is 805 g/mol. The number of ether oxygens (including phenoxy) is 1. The average molecular weight is 842 g/mol. The maximum absolute atomic E-state index is 7.09. The Morgan fingerprint density at radius 3 is 1.41 bits per heavy atom. The number of fused-ring (bicyclic) bond motifs is 13. The zero-order chi connectivity index (χ0) is 43.0. The Labute approximate surface area is 379 Å². The molecule has 3 aromatic heterocycles. The fourth-order valence-corrected chi connectivity index (χ4v) is 11.2. The molecule has 0 saturated heterocycles. The highest BCUT2D eigenvalue weighted by Crippen LogP contribution is 2.44. The summed E-state index contributed by atoms with van der Waals surface area (Å²) in [6.07, 6.45) is 0. The first-order chi connectivity index (χ1) is 32.7. The summed E-state index contributed by atoms with van der Waals surface area (Å²) in [5.74, 6) is 2.48. The lowest BCUT2D eigenvalue weighted by Crippen LogP contribution is -2.53. The first kappa shape index (κ1) is 35.7. The number of aromatic nitrogens is 3. The van der Waals surface area contributed by atoms with Gasteiger partial charge in [0.25, 0.3) is 0 Å². The van der Waals surface area contributed by atoms with Crippen LogP contribution in [0.4, 0.5) is 0 Å². The van der Waals surface area contributed by atoms with Gasteiger partial charge in [-0.3, -0.25) is 0 Å². The molecule has 0 spiro atoms. The summed E-state index contributed by atoms with van der Waals surface area (Å²) < 4.78 is 21.2. The van der Waals surface area contributed by atoms with Crippen LogP contribution in [0.3, 0.4) is 0 Å². The fraction of sp³-hybridized carbons (Fsp3) is 0. The molecule has 306 valence electrons. The second-order valence-corrected chi connectivity index (χ2v) is 17.6. The average Bonchev–Trinajstić information content (AvgIpc) is 4.02. The summed E-state index contributed by atoms with van der Waals surface area (Å²) in [6, 6.07) is 78.8. The third-order valence-electron chi connectivity index (χ3n) is 14.1. The molecule has 5 nitrogen and oxygen atoms in total. The van der Waals surface area contributed by atoms with Gasteiger partial charge in [0.1, 0.15) is 17.2 Å². The van der Waals surface area contributed by atoms with Gasteiger partial charge in [-0.05, 0) is 95.6 Å². The van der Waals surface area contributed by atoms with Gasteiger partial charge in [-0.1, -0.05) is 133 Å². The lowest BCUT2D eigenvalue weighted by Gasteiger charge is -2.33. The van der Waals surface area contributed by atoms with Crippen LogP contribution in [-0.2, 0) is 0 Å². The topological polar surface area (TPSA) is 33.2 Å². The molecular formula is C60H36BN3O2. The van der Waals surface area contributed by atoms with Crippen molar-refractivity contribution in [2.45, 2.75) is 0 Å². The van der Waals surface area contributed by atoms with Gasteiger partial charge in [-0.25, -0.2) is 0 Å². The van der Waals surface area contributed by atoms with Crippen molar-refractivity contribution in [2.75, 3.05) is 0 Å². The molecule has 0 radical (unpaired) electrons. The summed E-state index contributed by atoms with van der Waals surface area (Å²) in [5.41, 5.74) is 16.8. The Morgan fingerprint density at radius 2 is 0.788 bits per heavy atom. The predicted molar refractivity (Wildman–Crippen MR) is 272 cm³/mol. The molecule has 2 aliphatic rings. The summed E-state index contributed by atoms with van der Waals surface area (Å²) in [7, 11) is 0. The molecule has 66 heavy (non-hydrogen) atoms. The highest BCUT2D eigenvalue weighted by Gasteiger charge is 2.41. The van der Waals surface area contributed by atoms with Gasteiger partial charge in [-0.15, -0.1) is 0 Å². The van der Waals surface area contributed by atoms with Crippen molar-refractivity contribution in [3.63, 3.8) is 0 Å². The van der Waals surface area contributed by atoms with E-state index in [9.17, 15) is 0 Å². The Hall–Kier alpha value is -8.74. The summed E-state index contributed by atoms with van der Waals surface area (Å²) >= 11 is 0. The molecule has 15 rings (SSSR count). The van der Waals surface area contributed by atoms with E-state index in [1.54, 1.807) is 0 Å². The van der Waals surface area contributed by atoms with Crippen LogP contribution < -0.4 is 20.3 Å². The van der Waals surface area contributed by atoms with E-state index in [1.165, 1.54) is 54.4 Å². The normalized spacial score (nSPS) is 12.8. The zero-order valence-corrected chi connectivity index (χ0v) is 35.5. The van der Waals surface area contributed by atoms with Gasteiger partial charge in [0.2, 0.25) is 0 Å². The van der Waals surface area contributed by atoms with E-state index in [1.807, 2.05) is 0 Å². The lowest BCUT2D eigenvalue weighted by molar-refractivity contribution is 0.479. The molecule has 0 N–H and O–H groups in total. The molecule has 0 saturated carbocycles. The van der Waals surface area contributed by atoms with Gasteiger partial charge in [-0.2, -0.15) is 0 Å². The van der Waals surface area contributed by atoms with Crippen molar-refractivity contribution in [1.29, 1.82) is 0 Å². The fourth-order valence-electron chi connectivity index (χ4n) is 11.2. The van der Waals surface area contributed by atoms with Crippen LogP contribution in [0.15, 0.2) is 218 Å². The van der Waals surface area contributed by atoms with Crippen molar-refractivity contribution < 1.29 is 9.39 Å². The summed E-state index contributed by atoms with van der Waals surface area (Å²) in [6.45, 7) is -0.318. The third kappa shape index (κ3) is 4.95. The maximum Gasteiger partial charge on any atom is 0.434 e. The van der Waals surface area contributed by atoms with E-state index in [2.05, 4.69) is 232 Å². The Balaban J connectivity index is 0.869. The molecule has 0 unspecified atom stereocenters. The standard InChI is InChI=1S/C60H36BN3O2/c1-7-19-51-42(13-1)43-14-2-8-20-52(43)62(51)39-28-25-37(26-29-39)38-27-31-50-58(33-38)65-59-36-41(35-49-47-18-6-12-24-57(47)66-61(50)60(49)59)64-55-23-11-5-17-46(55)48-34-40(30-32-56(48)64)63-53-21-9-3-15-44(53)45-16-4-10-22-54(45)63/h1-36H. The smallest absolute Gasteiger partial charge is 0.434 e. The van der Waals surface area contributed by atoms with E-state index >= 15 is 0 Å². The second-order valence-electron chi connectivity index (χ2n) is 17.6. The molecule has 13 aromatic rings. The third-order valence-corrected chi connectivity index (χ3v) is 14.1. The van der Waals surface area contributed by atoms with Gasteiger partial charge < -0.3 is 23.1 Å². The largest absolute Gasteiger partial charge is 0.551 e. The lowest BCUT2D eigenvalue weighted by atomic mass is 9.50. The Bertz CT molecular complexity index is 4090. The molecule has 0 bridgehead atoms. The molecule has 0 fully saturated rings.